The van der Waals surface area contributed by atoms with Gasteiger partial charge >= 0.3 is 0 Å². The lowest BCUT2D eigenvalue weighted by Crippen LogP contribution is -2.50. The van der Waals surface area contributed by atoms with Gasteiger partial charge in [0.05, 0.1) is 0 Å². The Hall–Kier alpha value is -3.17. The summed E-state index contributed by atoms with van der Waals surface area (Å²) in [6.45, 7) is 9.15. The van der Waals surface area contributed by atoms with Crippen LogP contribution in [0, 0.1) is 11.7 Å². The Bertz CT molecular complexity index is 1260. The minimum absolute atomic E-state index is 0.00615. The summed E-state index contributed by atoms with van der Waals surface area (Å²) in [4.78, 5) is 32.7. The van der Waals surface area contributed by atoms with E-state index in [0.717, 1.165) is 75.9 Å². The molecule has 1 aliphatic carbocycles. The lowest BCUT2D eigenvalue weighted by Gasteiger charge is -2.35. The Kier molecular flexibility index (Phi) is 8.95. The van der Waals surface area contributed by atoms with Gasteiger partial charge in [-0.05, 0) is 79.6 Å². The van der Waals surface area contributed by atoms with Crippen molar-refractivity contribution >= 4 is 17.5 Å². The standard InChI is InChI=1S/C33H44FN5O3/c1-23-2-4-24(5-3-23)30-20-25(6-7-31(30)42-29-8-9-36-22-29)32(40)38-14-16-39(17-15-38)33(41)26-18-27(34)21-28(19-26)37-12-10-35-11-13-37/h6-7,18-21,23-24,29,35-36H,2-5,8-17,22H2,1H3/t23?,24?,29-/m0/s1. The molecule has 0 spiro atoms. The topological polar surface area (TPSA) is 77.2 Å². The Morgan fingerprint density at radius 3 is 2.14 bits per heavy atom. The van der Waals surface area contributed by atoms with E-state index in [0.29, 0.717) is 43.2 Å². The fourth-order valence-corrected chi connectivity index (χ4v) is 6.87. The number of hydrogen-bond acceptors (Lipinski definition) is 6. The zero-order valence-electron chi connectivity index (χ0n) is 24.7. The summed E-state index contributed by atoms with van der Waals surface area (Å²) in [6.07, 6.45) is 5.81. The van der Waals surface area contributed by atoms with E-state index in [1.54, 1.807) is 11.0 Å². The van der Waals surface area contributed by atoms with Crippen molar-refractivity contribution < 1.29 is 18.7 Å². The second kappa shape index (κ2) is 13.0. The van der Waals surface area contributed by atoms with E-state index in [-0.39, 0.29) is 17.9 Å². The van der Waals surface area contributed by atoms with Crippen LogP contribution in [0.25, 0.3) is 0 Å². The van der Waals surface area contributed by atoms with Crippen LogP contribution in [0.4, 0.5) is 10.1 Å². The number of benzene rings is 2. The molecule has 0 radical (unpaired) electrons. The van der Waals surface area contributed by atoms with Gasteiger partial charge in [-0.2, -0.15) is 0 Å². The van der Waals surface area contributed by atoms with Crippen molar-refractivity contribution in [3.8, 4) is 5.75 Å². The van der Waals surface area contributed by atoms with Crippen molar-refractivity contribution in [1.29, 1.82) is 0 Å². The first-order valence-electron chi connectivity index (χ1n) is 15.8. The van der Waals surface area contributed by atoms with Gasteiger partial charge in [-0.25, -0.2) is 4.39 Å². The van der Waals surface area contributed by atoms with Crippen LogP contribution in [0.2, 0.25) is 0 Å². The van der Waals surface area contributed by atoms with Gasteiger partial charge in [-0.3, -0.25) is 9.59 Å². The number of piperazine rings is 2. The molecule has 9 heteroatoms. The summed E-state index contributed by atoms with van der Waals surface area (Å²) in [5.74, 6) is 1.48. The molecule has 4 fully saturated rings. The van der Waals surface area contributed by atoms with E-state index in [4.69, 9.17) is 4.74 Å². The molecule has 0 aromatic heterocycles. The molecule has 6 rings (SSSR count). The minimum Gasteiger partial charge on any atom is -0.489 e. The number of carbonyl (C=O) groups excluding carboxylic acids is 2. The molecule has 0 bridgehead atoms. The van der Waals surface area contributed by atoms with Gasteiger partial charge in [0.25, 0.3) is 11.8 Å². The van der Waals surface area contributed by atoms with Crippen molar-refractivity contribution in [1.82, 2.24) is 20.4 Å². The van der Waals surface area contributed by atoms with Crippen molar-refractivity contribution in [3.63, 3.8) is 0 Å². The molecule has 42 heavy (non-hydrogen) atoms. The Morgan fingerprint density at radius 1 is 0.786 bits per heavy atom. The molecule has 1 saturated carbocycles. The van der Waals surface area contributed by atoms with Crippen molar-refractivity contribution in [2.24, 2.45) is 5.92 Å². The molecule has 226 valence electrons. The zero-order chi connectivity index (χ0) is 29.1. The van der Waals surface area contributed by atoms with Crippen molar-refractivity contribution in [3.05, 3.63) is 58.9 Å². The van der Waals surface area contributed by atoms with E-state index in [9.17, 15) is 14.0 Å². The zero-order valence-corrected chi connectivity index (χ0v) is 24.7. The summed E-state index contributed by atoms with van der Waals surface area (Å²) >= 11 is 0. The van der Waals surface area contributed by atoms with Crippen LogP contribution in [0.1, 0.15) is 71.2 Å². The van der Waals surface area contributed by atoms with Crippen LogP contribution < -0.4 is 20.3 Å². The van der Waals surface area contributed by atoms with Gasteiger partial charge in [0.15, 0.2) is 0 Å². The maximum atomic E-state index is 14.5. The molecule has 3 heterocycles. The van der Waals surface area contributed by atoms with Crippen LogP contribution in [0.5, 0.6) is 5.75 Å². The first-order valence-corrected chi connectivity index (χ1v) is 15.8. The quantitative estimate of drug-likeness (QED) is 0.543. The lowest BCUT2D eigenvalue weighted by atomic mass is 9.79. The number of ether oxygens (including phenoxy) is 1. The van der Waals surface area contributed by atoms with E-state index < -0.39 is 5.82 Å². The second-order valence-corrected chi connectivity index (χ2v) is 12.5. The van der Waals surface area contributed by atoms with Gasteiger partial charge in [-0.15, -0.1) is 0 Å². The van der Waals surface area contributed by atoms with E-state index in [1.807, 2.05) is 17.0 Å². The van der Waals surface area contributed by atoms with Gasteiger partial charge in [-0.1, -0.05) is 19.8 Å². The molecule has 1 atom stereocenters. The van der Waals surface area contributed by atoms with Crippen molar-refractivity contribution in [2.75, 3.05) is 70.3 Å². The number of nitrogens with zero attached hydrogens (tertiary/aromatic N) is 3. The number of hydrogen-bond donors (Lipinski definition) is 2. The smallest absolute Gasteiger partial charge is 0.254 e. The number of anilines is 1. The highest BCUT2D eigenvalue weighted by atomic mass is 19.1. The number of rotatable bonds is 6. The highest BCUT2D eigenvalue weighted by Crippen LogP contribution is 2.40. The van der Waals surface area contributed by atoms with Crippen LogP contribution >= 0.6 is 0 Å². The molecule has 2 N–H and O–H groups in total. The molecular formula is C33H44FN5O3. The van der Waals surface area contributed by atoms with Crippen LogP contribution in [-0.4, -0.2) is 93.2 Å². The third kappa shape index (κ3) is 6.57. The molecule has 8 nitrogen and oxygen atoms in total. The average molecular weight is 578 g/mol. The monoisotopic (exact) mass is 577 g/mol. The molecule has 0 unspecified atom stereocenters. The first kappa shape index (κ1) is 28.9. The normalized spacial score (nSPS) is 25.0. The van der Waals surface area contributed by atoms with Crippen molar-refractivity contribution in [2.45, 2.75) is 51.0 Å². The average Bonchev–Trinajstić information content (AvgIpc) is 3.54. The Morgan fingerprint density at radius 2 is 1.48 bits per heavy atom. The summed E-state index contributed by atoms with van der Waals surface area (Å²) in [6, 6.07) is 10.6. The molecule has 4 aliphatic rings. The fourth-order valence-electron chi connectivity index (χ4n) is 6.87. The van der Waals surface area contributed by atoms with Crippen LogP contribution in [-0.2, 0) is 0 Å². The maximum absolute atomic E-state index is 14.5. The highest BCUT2D eigenvalue weighted by Gasteiger charge is 2.29. The minimum atomic E-state index is -0.400. The number of amides is 2. The summed E-state index contributed by atoms with van der Waals surface area (Å²) in [5, 5.41) is 6.68. The number of halogens is 1. The summed E-state index contributed by atoms with van der Waals surface area (Å²) < 4.78 is 21.0. The highest BCUT2D eigenvalue weighted by molar-refractivity contribution is 5.96. The largest absolute Gasteiger partial charge is 0.489 e. The third-order valence-electron chi connectivity index (χ3n) is 9.49. The van der Waals surface area contributed by atoms with Gasteiger partial charge < -0.3 is 30.1 Å². The van der Waals surface area contributed by atoms with Crippen LogP contribution in [0.15, 0.2) is 36.4 Å². The molecule has 2 aromatic rings. The molecule has 2 aromatic carbocycles. The molecule has 3 saturated heterocycles. The Labute approximate surface area is 248 Å². The van der Waals surface area contributed by atoms with E-state index in [1.165, 1.54) is 30.5 Å². The Balaban J connectivity index is 1.12. The molecular weight excluding hydrogens is 533 g/mol. The SMILES string of the molecule is CC1CCC(c2cc(C(=O)N3CCN(C(=O)c4cc(F)cc(N5CCNCC5)c4)CC3)ccc2O[C@H]2CCNC2)CC1. The number of nitrogens with one attached hydrogen (secondary N) is 2. The fraction of sp³-hybridized carbons (Fsp3) is 0.576. The van der Waals surface area contributed by atoms with Crippen LogP contribution in [0.3, 0.4) is 0 Å². The first-order chi connectivity index (χ1) is 20.4. The van der Waals surface area contributed by atoms with E-state index in [2.05, 4.69) is 28.5 Å². The van der Waals surface area contributed by atoms with Gasteiger partial charge in [0.1, 0.15) is 17.7 Å². The third-order valence-corrected chi connectivity index (χ3v) is 9.49. The number of carbonyl (C=O) groups is 2. The maximum Gasteiger partial charge on any atom is 0.254 e. The summed E-state index contributed by atoms with van der Waals surface area (Å²) in [7, 11) is 0. The lowest BCUT2D eigenvalue weighted by molar-refractivity contribution is 0.0535. The van der Waals surface area contributed by atoms with E-state index >= 15 is 0 Å². The summed E-state index contributed by atoms with van der Waals surface area (Å²) in [5.41, 5.74) is 2.96. The molecule has 2 amide bonds. The van der Waals surface area contributed by atoms with Gasteiger partial charge in [0, 0.05) is 75.7 Å². The van der Waals surface area contributed by atoms with Gasteiger partial charge in [0.2, 0.25) is 0 Å². The molecule has 3 aliphatic heterocycles. The predicted octanol–water partition coefficient (Wildman–Crippen LogP) is 3.87. The second-order valence-electron chi connectivity index (χ2n) is 12.5. The predicted molar refractivity (Wildman–Crippen MR) is 162 cm³/mol.